The molecule has 0 N–H and O–H groups in total. The van der Waals surface area contributed by atoms with Crippen LogP contribution in [0.1, 0.15) is 19.8 Å². The standard InChI is InChI=1S/C18H23N3O3/c1-2-20(11-14-8-10-24-12-14)17(22)7-9-21-13-19-16-6-4-3-5-15(16)18(21)23/h3-6,13-14H,2,7-12H2,1H3. The Kier molecular flexibility index (Phi) is 5.25. The number of carbonyl (C=O) groups is 1. The van der Waals surface area contributed by atoms with Gasteiger partial charge in [-0.3, -0.25) is 14.2 Å². The van der Waals surface area contributed by atoms with Gasteiger partial charge in [-0.2, -0.15) is 0 Å². The first-order valence-electron chi connectivity index (χ1n) is 8.48. The van der Waals surface area contributed by atoms with Crippen molar-refractivity contribution in [1.29, 1.82) is 0 Å². The highest BCUT2D eigenvalue weighted by Gasteiger charge is 2.21. The molecular weight excluding hydrogens is 306 g/mol. The van der Waals surface area contributed by atoms with Gasteiger partial charge in [0, 0.05) is 38.6 Å². The Morgan fingerprint density at radius 1 is 1.42 bits per heavy atom. The molecule has 6 nitrogen and oxygen atoms in total. The van der Waals surface area contributed by atoms with Crippen molar-refractivity contribution in [3.05, 3.63) is 40.9 Å². The lowest BCUT2D eigenvalue weighted by Crippen LogP contribution is -2.36. The Bertz CT molecular complexity index is 765. The smallest absolute Gasteiger partial charge is 0.261 e. The zero-order valence-corrected chi connectivity index (χ0v) is 14.0. The molecule has 24 heavy (non-hydrogen) atoms. The van der Waals surface area contributed by atoms with Crippen LogP contribution in [0.25, 0.3) is 10.9 Å². The molecule has 0 radical (unpaired) electrons. The first-order chi connectivity index (χ1) is 11.7. The summed E-state index contributed by atoms with van der Waals surface area (Å²) in [4.78, 5) is 31.0. The van der Waals surface area contributed by atoms with E-state index in [0.717, 1.165) is 26.2 Å². The van der Waals surface area contributed by atoms with Crippen molar-refractivity contribution in [2.24, 2.45) is 5.92 Å². The third-order valence-electron chi connectivity index (χ3n) is 4.54. The summed E-state index contributed by atoms with van der Waals surface area (Å²) in [6, 6.07) is 7.26. The predicted octanol–water partition coefficient (Wildman–Crippen LogP) is 1.67. The van der Waals surface area contributed by atoms with E-state index in [1.165, 1.54) is 10.9 Å². The molecule has 2 aromatic rings. The Labute approximate surface area is 141 Å². The summed E-state index contributed by atoms with van der Waals surface area (Å²) in [6.45, 7) is 5.28. The number of carbonyl (C=O) groups excluding carboxylic acids is 1. The van der Waals surface area contributed by atoms with Crippen molar-refractivity contribution in [3.8, 4) is 0 Å². The number of hydrogen-bond donors (Lipinski definition) is 0. The maximum atomic E-state index is 12.5. The van der Waals surface area contributed by atoms with Crippen molar-refractivity contribution in [1.82, 2.24) is 14.5 Å². The fraction of sp³-hybridized carbons (Fsp3) is 0.500. The van der Waals surface area contributed by atoms with Crippen LogP contribution in [0, 0.1) is 5.92 Å². The van der Waals surface area contributed by atoms with Gasteiger partial charge in [-0.1, -0.05) is 12.1 Å². The number of benzene rings is 1. The van der Waals surface area contributed by atoms with Crippen LogP contribution in [0.4, 0.5) is 0 Å². The molecule has 0 bridgehead atoms. The first-order valence-corrected chi connectivity index (χ1v) is 8.48. The molecule has 1 saturated heterocycles. The SMILES string of the molecule is CCN(CC1CCOC1)C(=O)CCn1cnc2ccccc2c1=O. The molecule has 1 aliphatic rings. The Morgan fingerprint density at radius 2 is 2.25 bits per heavy atom. The van der Waals surface area contributed by atoms with Gasteiger partial charge >= 0.3 is 0 Å². The second-order valence-corrected chi connectivity index (χ2v) is 6.17. The molecule has 6 heteroatoms. The number of para-hydroxylation sites is 1. The topological polar surface area (TPSA) is 64.4 Å². The third kappa shape index (κ3) is 3.64. The van der Waals surface area contributed by atoms with Crippen molar-refractivity contribution in [3.63, 3.8) is 0 Å². The van der Waals surface area contributed by atoms with Crippen LogP contribution in [-0.2, 0) is 16.1 Å². The van der Waals surface area contributed by atoms with Gasteiger partial charge in [0.25, 0.3) is 5.56 Å². The summed E-state index contributed by atoms with van der Waals surface area (Å²) in [7, 11) is 0. The number of aryl methyl sites for hydroxylation is 1. The summed E-state index contributed by atoms with van der Waals surface area (Å²) in [6.07, 6.45) is 2.85. The monoisotopic (exact) mass is 329 g/mol. The Morgan fingerprint density at radius 3 is 3.00 bits per heavy atom. The van der Waals surface area contributed by atoms with Crippen LogP contribution in [-0.4, -0.2) is 46.7 Å². The first kappa shape index (κ1) is 16.6. The van der Waals surface area contributed by atoms with Crippen LogP contribution in [0.3, 0.4) is 0 Å². The fourth-order valence-corrected chi connectivity index (χ4v) is 3.09. The van der Waals surface area contributed by atoms with Gasteiger partial charge in [0.2, 0.25) is 5.91 Å². The molecule has 1 aromatic heterocycles. The highest BCUT2D eigenvalue weighted by atomic mass is 16.5. The van der Waals surface area contributed by atoms with Gasteiger partial charge in [-0.15, -0.1) is 0 Å². The minimum Gasteiger partial charge on any atom is -0.381 e. The Hall–Kier alpha value is -2.21. The lowest BCUT2D eigenvalue weighted by atomic mass is 10.1. The average molecular weight is 329 g/mol. The van der Waals surface area contributed by atoms with E-state index >= 15 is 0 Å². The maximum Gasteiger partial charge on any atom is 0.261 e. The molecule has 1 atom stereocenters. The number of amides is 1. The van der Waals surface area contributed by atoms with E-state index in [1.807, 2.05) is 30.0 Å². The highest BCUT2D eigenvalue weighted by Crippen LogP contribution is 2.14. The highest BCUT2D eigenvalue weighted by molar-refractivity contribution is 5.77. The zero-order chi connectivity index (χ0) is 16.9. The van der Waals surface area contributed by atoms with E-state index in [4.69, 9.17) is 4.74 Å². The van der Waals surface area contributed by atoms with E-state index < -0.39 is 0 Å². The number of hydrogen-bond acceptors (Lipinski definition) is 4. The molecule has 128 valence electrons. The van der Waals surface area contributed by atoms with Crippen molar-refractivity contribution in [2.45, 2.75) is 26.3 Å². The second-order valence-electron chi connectivity index (χ2n) is 6.17. The van der Waals surface area contributed by atoms with Crippen molar-refractivity contribution in [2.75, 3.05) is 26.3 Å². The fourth-order valence-electron chi connectivity index (χ4n) is 3.09. The van der Waals surface area contributed by atoms with Crippen LogP contribution >= 0.6 is 0 Å². The molecule has 2 heterocycles. The molecule has 1 amide bonds. The maximum absolute atomic E-state index is 12.5. The van der Waals surface area contributed by atoms with Gasteiger partial charge in [0.15, 0.2) is 0 Å². The van der Waals surface area contributed by atoms with E-state index in [0.29, 0.717) is 36.3 Å². The summed E-state index contributed by atoms with van der Waals surface area (Å²) >= 11 is 0. The lowest BCUT2D eigenvalue weighted by molar-refractivity contribution is -0.131. The molecule has 1 aromatic carbocycles. The third-order valence-corrected chi connectivity index (χ3v) is 4.54. The Balaban J connectivity index is 1.64. The molecule has 0 spiro atoms. The van der Waals surface area contributed by atoms with Crippen molar-refractivity contribution < 1.29 is 9.53 Å². The molecule has 1 fully saturated rings. The molecule has 1 aliphatic heterocycles. The number of ether oxygens (including phenoxy) is 1. The van der Waals surface area contributed by atoms with Gasteiger partial charge in [0.05, 0.1) is 23.8 Å². The number of rotatable bonds is 6. The minimum absolute atomic E-state index is 0.0736. The van der Waals surface area contributed by atoms with Crippen LogP contribution in [0.2, 0.25) is 0 Å². The van der Waals surface area contributed by atoms with Gasteiger partial charge < -0.3 is 9.64 Å². The zero-order valence-electron chi connectivity index (χ0n) is 14.0. The average Bonchev–Trinajstić information content (AvgIpc) is 3.12. The summed E-state index contributed by atoms with van der Waals surface area (Å²) < 4.78 is 6.90. The summed E-state index contributed by atoms with van der Waals surface area (Å²) in [5.41, 5.74) is 0.585. The van der Waals surface area contributed by atoms with E-state index in [1.54, 1.807) is 6.07 Å². The van der Waals surface area contributed by atoms with E-state index in [9.17, 15) is 9.59 Å². The number of aromatic nitrogens is 2. The number of nitrogens with zero attached hydrogens (tertiary/aromatic N) is 3. The second kappa shape index (κ2) is 7.57. The lowest BCUT2D eigenvalue weighted by Gasteiger charge is -2.24. The normalized spacial score (nSPS) is 17.3. The van der Waals surface area contributed by atoms with Crippen LogP contribution in [0.5, 0.6) is 0 Å². The van der Waals surface area contributed by atoms with Crippen molar-refractivity contribution >= 4 is 16.8 Å². The summed E-state index contributed by atoms with van der Waals surface area (Å²) in [5, 5.41) is 0.586. The molecular formula is C18H23N3O3. The summed E-state index contributed by atoms with van der Waals surface area (Å²) in [5.74, 6) is 0.503. The van der Waals surface area contributed by atoms with E-state index in [2.05, 4.69) is 4.98 Å². The molecule has 0 aliphatic carbocycles. The van der Waals surface area contributed by atoms with E-state index in [-0.39, 0.29) is 11.5 Å². The minimum atomic E-state index is -0.0966. The van der Waals surface area contributed by atoms with Gasteiger partial charge in [-0.25, -0.2) is 4.98 Å². The molecule has 3 rings (SSSR count). The number of fused-ring (bicyclic) bond motifs is 1. The van der Waals surface area contributed by atoms with Crippen LogP contribution in [0.15, 0.2) is 35.4 Å². The largest absolute Gasteiger partial charge is 0.381 e. The molecule has 0 saturated carbocycles. The van der Waals surface area contributed by atoms with Gasteiger partial charge in [0.1, 0.15) is 0 Å². The van der Waals surface area contributed by atoms with Crippen LogP contribution < -0.4 is 5.56 Å². The molecule has 1 unspecified atom stereocenters. The quantitative estimate of drug-likeness (QED) is 0.809. The van der Waals surface area contributed by atoms with Gasteiger partial charge in [-0.05, 0) is 25.5 Å². The predicted molar refractivity (Wildman–Crippen MR) is 91.8 cm³/mol.